The average molecular weight is 250 g/mol. The zero-order valence-electron chi connectivity index (χ0n) is 11.2. The maximum absolute atomic E-state index is 9.17. The molecule has 2 aromatic carbocycles. The molecule has 0 heterocycles. The van der Waals surface area contributed by atoms with Gasteiger partial charge in [0.25, 0.3) is 0 Å². The molecule has 0 spiro atoms. The number of anilines is 1. The van der Waals surface area contributed by atoms with Gasteiger partial charge in [0.15, 0.2) is 0 Å². The van der Waals surface area contributed by atoms with E-state index in [4.69, 9.17) is 5.26 Å². The van der Waals surface area contributed by atoms with Crippen LogP contribution in [0.2, 0.25) is 0 Å². The predicted octanol–water partition coefficient (Wildman–Crippen LogP) is 4.31. The molecule has 96 valence electrons. The molecule has 0 bridgehead atoms. The second kappa shape index (κ2) is 4.93. The summed E-state index contributed by atoms with van der Waals surface area (Å²) in [5.41, 5.74) is 1.89. The summed E-state index contributed by atoms with van der Waals surface area (Å²) in [6.45, 7) is 2.24. The third kappa shape index (κ3) is 2.56. The summed E-state index contributed by atoms with van der Waals surface area (Å²) in [5.74, 6) is 0.923. The van der Waals surface area contributed by atoms with E-state index < -0.39 is 0 Å². The first-order chi connectivity index (χ1) is 9.28. The summed E-state index contributed by atoms with van der Waals surface area (Å²) < 4.78 is 0. The van der Waals surface area contributed by atoms with Gasteiger partial charge in [-0.05, 0) is 31.4 Å². The van der Waals surface area contributed by atoms with Crippen molar-refractivity contribution in [2.24, 2.45) is 5.92 Å². The molecule has 1 aliphatic carbocycles. The predicted molar refractivity (Wildman–Crippen MR) is 79.1 cm³/mol. The maximum Gasteiger partial charge on any atom is 0.0998 e. The summed E-state index contributed by atoms with van der Waals surface area (Å²) in [4.78, 5) is 0. The Kier molecular flexibility index (Phi) is 3.13. The minimum atomic E-state index is 0.490. The fourth-order valence-electron chi connectivity index (χ4n) is 2.70. The largest absolute Gasteiger partial charge is 0.382 e. The third-order valence-electron chi connectivity index (χ3n) is 3.83. The van der Waals surface area contributed by atoms with Crippen molar-refractivity contribution in [3.63, 3.8) is 0 Å². The highest BCUT2D eigenvalue weighted by Gasteiger charge is 2.23. The average Bonchev–Trinajstić information content (AvgIpc) is 3.23. The van der Waals surface area contributed by atoms with Gasteiger partial charge >= 0.3 is 0 Å². The highest BCUT2D eigenvalue weighted by atomic mass is 14.9. The Morgan fingerprint density at radius 3 is 2.63 bits per heavy atom. The first-order valence-electron chi connectivity index (χ1n) is 6.96. The Balaban J connectivity index is 1.92. The number of hydrogen-bond acceptors (Lipinski definition) is 2. The van der Waals surface area contributed by atoms with Crippen molar-refractivity contribution in [3.05, 3.63) is 42.0 Å². The Morgan fingerprint density at radius 1 is 1.21 bits per heavy atom. The number of hydrogen-bond donors (Lipinski definition) is 1. The topological polar surface area (TPSA) is 35.8 Å². The van der Waals surface area contributed by atoms with Crippen LogP contribution < -0.4 is 5.32 Å². The zero-order valence-corrected chi connectivity index (χ0v) is 11.2. The van der Waals surface area contributed by atoms with Crippen LogP contribution in [0.3, 0.4) is 0 Å². The Labute approximate surface area is 114 Å². The van der Waals surface area contributed by atoms with Gasteiger partial charge in [0.2, 0.25) is 0 Å². The molecule has 0 radical (unpaired) electrons. The lowest BCUT2D eigenvalue weighted by Crippen LogP contribution is -2.15. The molecule has 1 saturated carbocycles. The fourth-order valence-corrected chi connectivity index (χ4v) is 2.70. The summed E-state index contributed by atoms with van der Waals surface area (Å²) in [6.07, 6.45) is 4.02. The second-order valence-corrected chi connectivity index (χ2v) is 5.54. The van der Waals surface area contributed by atoms with Crippen LogP contribution >= 0.6 is 0 Å². The van der Waals surface area contributed by atoms with Crippen molar-refractivity contribution >= 4 is 16.5 Å². The first kappa shape index (κ1) is 12.0. The molecule has 1 aliphatic rings. The van der Waals surface area contributed by atoms with Gasteiger partial charge in [-0.15, -0.1) is 0 Å². The standard InChI is InChI=1S/C17H18N2/c1-12(10-13-6-7-13)19-17-9-8-14(11-18)15-4-2-3-5-16(15)17/h2-5,8-9,12-13,19H,6-7,10H2,1H3. The molecular formula is C17H18N2. The monoisotopic (exact) mass is 250 g/mol. The summed E-state index contributed by atoms with van der Waals surface area (Å²) in [5, 5.41) is 14.9. The van der Waals surface area contributed by atoms with Crippen LogP contribution in [0.4, 0.5) is 5.69 Å². The van der Waals surface area contributed by atoms with E-state index in [1.165, 1.54) is 19.3 Å². The van der Waals surface area contributed by atoms with Gasteiger partial charge in [0.1, 0.15) is 0 Å². The quantitative estimate of drug-likeness (QED) is 0.877. The number of nitrogens with zero attached hydrogens (tertiary/aromatic N) is 1. The van der Waals surface area contributed by atoms with Gasteiger partial charge < -0.3 is 5.32 Å². The van der Waals surface area contributed by atoms with Crippen LogP contribution in [0.15, 0.2) is 36.4 Å². The van der Waals surface area contributed by atoms with Gasteiger partial charge in [-0.2, -0.15) is 5.26 Å². The maximum atomic E-state index is 9.17. The van der Waals surface area contributed by atoms with Crippen molar-refractivity contribution < 1.29 is 0 Å². The van der Waals surface area contributed by atoms with Gasteiger partial charge in [-0.3, -0.25) is 0 Å². The Bertz CT molecular complexity index is 635. The van der Waals surface area contributed by atoms with Crippen LogP contribution in [-0.4, -0.2) is 6.04 Å². The third-order valence-corrected chi connectivity index (χ3v) is 3.83. The van der Waals surface area contributed by atoms with E-state index in [0.29, 0.717) is 6.04 Å². The SMILES string of the molecule is CC(CC1CC1)Nc1ccc(C#N)c2ccccc12. The molecule has 1 unspecified atom stereocenters. The molecule has 2 aromatic rings. The van der Waals surface area contributed by atoms with E-state index in [2.05, 4.69) is 24.4 Å². The molecule has 1 atom stereocenters. The minimum absolute atomic E-state index is 0.490. The number of nitriles is 1. The zero-order chi connectivity index (χ0) is 13.2. The molecule has 0 aliphatic heterocycles. The van der Waals surface area contributed by atoms with Gasteiger partial charge in [-0.25, -0.2) is 0 Å². The first-order valence-corrected chi connectivity index (χ1v) is 6.96. The second-order valence-electron chi connectivity index (χ2n) is 5.54. The number of rotatable bonds is 4. The van der Waals surface area contributed by atoms with Crippen molar-refractivity contribution in [1.82, 2.24) is 0 Å². The van der Waals surface area contributed by atoms with E-state index in [9.17, 15) is 0 Å². The number of fused-ring (bicyclic) bond motifs is 1. The van der Waals surface area contributed by atoms with E-state index in [-0.39, 0.29) is 0 Å². The minimum Gasteiger partial charge on any atom is -0.382 e. The normalized spacial score (nSPS) is 16.0. The van der Waals surface area contributed by atoms with Crippen molar-refractivity contribution in [2.75, 3.05) is 5.32 Å². The molecular weight excluding hydrogens is 232 g/mol. The van der Waals surface area contributed by atoms with Gasteiger partial charge in [-0.1, -0.05) is 37.1 Å². The van der Waals surface area contributed by atoms with Crippen molar-refractivity contribution in [1.29, 1.82) is 5.26 Å². The summed E-state index contributed by atoms with van der Waals surface area (Å²) in [6, 6.07) is 14.8. The Hall–Kier alpha value is -2.01. The van der Waals surface area contributed by atoms with Gasteiger partial charge in [0, 0.05) is 22.5 Å². The molecule has 0 aromatic heterocycles. The molecule has 0 saturated heterocycles. The molecule has 1 fully saturated rings. The number of nitrogens with one attached hydrogen (secondary N) is 1. The van der Waals surface area contributed by atoms with Crippen LogP contribution in [0.5, 0.6) is 0 Å². The van der Waals surface area contributed by atoms with Crippen LogP contribution in [-0.2, 0) is 0 Å². The highest BCUT2D eigenvalue weighted by Crippen LogP contribution is 2.35. The summed E-state index contributed by atoms with van der Waals surface area (Å²) in [7, 11) is 0. The van der Waals surface area contributed by atoms with Crippen molar-refractivity contribution in [3.8, 4) is 6.07 Å². The Morgan fingerprint density at radius 2 is 1.95 bits per heavy atom. The van der Waals surface area contributed by atoms with E-state index >= 15 is 0 Å². The number of benzene rings is 2. The smallest absolute Gasteiger partial charge is 0.0998 e. The molecule has 2 heteroatoms. The molecule has 3 rings (SSSR count). The van der Waals surface area contributed by atoms with E-state index in [1.54, 1.807) is 0 Å². The molecule has 2 nitrogen and oxygen atoms in total. The lowest BCUT2D eigenvalue weighted by Gasteiger charge is -2.17. The van der Waals surface area contributed by atoms with Crippen LogP contribution in [0.1, 0.15) is 31.7 Å². The van der Waals surface area contributed by atoms with E-state index in [1.807, 2.05) is 30.3 Å². The highest BCUT2D eigenvalue weighted by molar-refractivity contribution is 5.97. The molecule has 1 N–H and O–H groups in total. The molecule has 19 heavy (non-hydrogen) atoms. The fraction of sp³-hybridized carbons (Fsp3) is 0.353. The van der Waals surface area contributed by atoms with Gasteiger partial charge in [0.05, 0.1) is 11.6 Å². The van der Waals surface area contributed by atoms with Crippen molar-refractivity contribution in [2.45, 2.75) is 32.2 Å². The lowest BCUT2D eigenvalue weighted by atomic mass is 10.0. The van der Waals surface area contributed by atoms with Crippen LogP contribution in [0, 0.1) is 17.2 Å². The van der Waals surface area contributed by atoms with E-state index in [0.717, 1.165) is 27.9 Å². The lowest BCUT2D eigenvalue weighted by molar-refractivity contribution is 0.643. The summed E-state index contributed by atoms with van der Waals surface area (Å²) >= 11 is 0. The molecule has 0 amide bonds. The van der Waals surface area contributed by atoms with Crippen LogP contribution in [0.25, 0.3) is 10.8 Å².